The number of ether oxygens (including phenoxy) is 4. The topological polar surface area (TPSA) is 389 Å². The van der Waals surface area contributed by atoms with Gasteiger partial charge in [0.25, 0.3) is 23.6 Å². The van der Waals surface area contributed by atoms with Crippen molar-refractivity contribution in [2.24, 2.45) is 20.4 Å². The van der Waals surface area contributed by atoms with Crippen LogP contribution in [0.3, 0.4) is 0 Å². The molecule has 0 saturated heterocycles. The summed E-state index contributed by atoms with van der Waals surface area (Å²) in [7, 11) is 0. The zero-order valence-corrected chi connectivity index (χ0v) is 63.8. The predicted molar refractivity (Wildman–Crippen MR) is 433 cm³/mol. The maximum absolute atomic E-state index is 13.2. The smallest absolute Gasteiger partial charge is 0.507 e. The number of nitrogens with zero attached hydrogens (tertiary/aromatic N) is 12. The van der Waals surface area contributed by atoms with Crippen LogP contribution < -0.4 is 50.6 Å². The molecule has 8 N–H and O–H groups in total. The van der Waals surface area contributed by atoms with Crippen molar-refractivity contribution >= 4 is 92.6 Å². The normalized spacial score (nSPS) is 11.5. The van der Waals surface area contributed by atoms with Gasteiger partial charge in [0.2, 0.25) is 0 Å². The van der Waals surface area contributed by atoms with Crippen molar-refractivity contribution in [1.29, 1.82) is 0 Å². The molecular formula is C88H56N16O12Zn. The van der Waals surface area contributed by atoms with Crippen LogP contribution in [0.25, 0.3) is 89.7 Å². The molecule has 117 heavy (non-hydrogen) atoms. The summed E-state index contributed by atoms with van der Waals surface area (Å²) in [6.45, 7) is 0. The number of amides is 4. The second-order valence-corrected chi connectivity index (χ2v) is 25.6. The zero-order valence-electron chi connectivity index (χ0n) is 60.8. The van der Waals surface area contributed by atoms with E-state index in [1.165, 1.54) is 73.4 Å². The third kappa shape index (κ3) is 15.5. The van der Waals surface area contributed by atoms with Crippen LogP contribution in [0.1, 0.15) is 63.7 Å². The van der Waals surface area contributed by atoms with Gasteiger partial charge in [-0.1, -0.05) is 146 Å². The van der Waals surface area contributed by atoms with Gasteiger partial charge in [-0.15, -0.1) is 0 Å². The Morgan fingerprint density at radius 2 is 0.538 bits per heavy atom. The summed E-state index contributed by atoms with van der Waals surface area (Å²) in [6, 6.07) is 73.4. The number of phenols is 4. The number of hydrogen-bond donors (Lipinski definition) is 8. The van der Waals surface area contributed by atoms with Crippen LogP contribution in [0.5, 0.6) is 69.0 Å². The van der Waals surface area contributed by atoms with Crippen LogP contribution in [-0.2, 0) is 19.5 Å². The first-order valence-electron chi connectivity index (χ1n) is 35.6. The van der Waals surface area contributed by atoms with Gasteiger partial charge in [-0.2, -0.15) is 20.4 Å². The molecule has 4 amide bonds. The van der Waals surface area contributed by atoms with Crippen molar-refractivity contribution < 1.29 is 78.0 Å². The monoisotopic (exact) mass is 1590 g/mol. The summed E-state index contributed by atoms with van der Waals surface area (Å²) in [5, 5.41) is 60.3. The van der Waals surface area contributed by atoms with Crippen LogP contribution in [-0.4, -0.2) is 98.8 Å². The molecule has 29 heteroatoms. The Kier molecular flexibility index (Phi) is 21.0. The molecule has 0 atom stereocenters. The number of fused-ring (bicyclic) bond motifs is 20. The number of para-hydroxylation sites is 8. The van der Waals surface area contributed by atoms with Crippen LogP contribution in [0, 0.1) is 0 Å². The minimum atomic E-state index is -0.657. The van der Waals surface area contributed by atoms with Gasteiger partial charge in [0, 0.05) is 66.7 Å². The van der Waals surface area contributed by atoms with E-state index >= 15 is 0 Å². The molecule has 0 saturated carbocycles. The van der Waals surface area contributed by atoms with Crippen LogP contribution >= 0.6 is 0 Å². The van der Waals surface area contributed by atoms with E-state index in [-0.39, 0.29) is 151 Å². The molecule has 3 aromatic heterocycles. The van der Waals surface area contributed by atoms with Gasteiger partial charge in [0.15, 0.2) is 0 Å². The van der Waals surface area contributed by atoms with Gasteiger partial charge in [-0.05, 0) is 132 Å². The molecule has 0 unspecified atom stereocenters. The summed E-state index contributed by atoms with van der Waals surface area (Å²) < 4.78 is 27.7. The fraction of sp³-hybridized carbons (Fsp3) is 0. The first-order valence-corrected chi connectivity index (χ1v) is 35.6. The van der Waals surface area contributed by atoms with Crippen molar-refractivity contribution in [2.75, 3.05) is 0 Å². The number of aromatic hydroxyl groups is 4. The maximum Gasteiger partial charge on any atom is 2.00 e. The summed E-state index contributed by atoms with van der Waals surface area (Å²) in [6.07, 6.45) is 5.61. The fourth-order valence-corrected chi connectivity index (χ4v) is 12.8. The molecule has 15 aromatic rings. The van der Waals surface area contributed by atoms with E-state index in [9.17, 15) is 39.6 Å². The third-order valence-electron chi connectivity index (χ3n) is 18.3. The first-order chi connectivity index (χ1) is 56.8. The van der Waals surface area contributed by atoms with Gasteiger partial charge in [-0.25, -0.2) is 31.7 Å². The Morgan fingerprint density at radius 3 is 0.872 bits per heavy atom. The number of rotatable bonds is 20. The number of nitrogens with one attached hydrogen (secondary N) is 4. The standard InChI is InChI=1S/C88H58N16O12.Zn/c105-61-33-9-5-25-53(61)85(109)101-89-45-49-21-1-13-37-65(49)113-69-41-17-29-57-73(69)81-94-77(57)93-78-58-30-18-43-71(115-67-39-15-3-23-51(67)47-91-103-87(111)55-27-7-11-35-63(55)107)75(58)83(95-78)100-84-76-60(32-20-44-72(76)116-68-40-16-4-24-52(68)48-92-104-88(112)56-28-8-12-36-64(56)108)80(99-84)98-82-74-59(79(96-81)97-82)31-19-42-70(74)114-66-38-14-2-22-50(66)46-90-102-86(110)54-26-6-10-34-62(54)106;/h1-48H,(H10,93,94,95,96,97,98,99,100,101,102,103,104,105,106,107,108,109,110,111,112);/q;+2/p-2/b89-45+,90-46+,91-47+,92-48-;. The Morgan fingerprint density at radius 1 is 0.282 bits per heavy atom. The molecule has 0 spiro atoms. The molecule has 12 aromatic carbocycles. The molecule has 28 nitrogen and oxygen atoms in total. The molecule has 2 aliphatic heterocycles. The summed E-state index contributed by atoms with van der Waals surface area (Å²) in [5.41, 5.74) is 13.6. The molecule has 0 aliphatic carbocycles. The quantitative estimate of drug-likeness (QED) is 0.0200. The van der Waals surface area contributed by atoms with E-state index in [0.29, 0.717) is 71.8 Å². The Hall–Kier alpha value is -16.4. The van der Waals surface area contributed by atoms with Crippen LogP contribution in [0.4, 0.5) is 0 Å². The van der Waals surface area contributed by atoms with Crippen molar-refractivity contribution in [3.8, 4) is 115 Å². The second kappa shape index (κ2) is 32.9. The van der Waals surface area contributed by atoms with E-state index in [0.717, 1.165) is 0 Å². The molecular weight excluding hydrogens is 1540 g/mol. The number of phenolic OH excluding ortho intramolecular Hbond substituents is 4. The first kappa shape index (κ1) is 74.7. The fourth-order valence-electron chi connectivity index (χ4n) is 12.8. The Bertz CT molecular complexity index is 6830. The van der Waals surface area contributed by atoms with Gasteiger partial charge in [0.05, 0.1) is 81.5 Å². The van der Waals surface area contributed by atoms with E-state index in [1.54, 1.807) is 218 Å². The minimum absolute atomic E-state index is 0. The van der Waals surface area contributed by atoms with Crippen molar-refractivity contribution in [2.45, 2.75) is 0 Å². The molecule has 2 aliphatic rings. The SMILES string of the molecule is O=C(N/N=C\c1ccccc1Oc1cccc2c1-c1nc-2nc2[n-]c(nc3nc(nc4[n-]c(n1)c1c(Oc5ccccc5/C=N/NC(=O)c5ccccc5O)cccc41)-c1cccc(Oc4ccccc4/C=N/NC(=O)c4ccccc4O)c1-3)c1cccc(Oc3ccccc3/C=N/NC(=O)c3ccccc3O)c21)c1ccccc1O.[Zn+2]. The van der Waals surface area contributed by atoms with Crippen LogP contribution in [0.2, 0.25) is 0 Å². The van der Waals surface area contributed by atoms with Gasteiger partial charge >= 0.3 is 19.5 Å². The summed E-state index contributed by atoms with van der Waals surface area (Å²) in [5.74, 6) is -1.10. The van der Waals surface area contributed by atoms with Gasteiger partial charge in [-0.3, -0.25) is 19.2 Å². The van der Waals surface area contributed by atoms with E-state index < -0.39 is 23.6 Å². The molecule has 562 valence electrons. The zero-order chi connectivity index (χ0) is 79.2. The molecule has 0 radical (unpaired) electrons. The average Bonchev–Trinajstić information content (AvgIpc) is 1.57. The van der Waals surface area contributed by atoms with Gasteiger partial charge < -0.3 is 69.3 Å². The number of aromatic nitrogens is 8. The number of hydrazone groups is 4. The van der Waals surface area contributed by atoms with E-state index in [4.69, 9.17) is 58.8 Å². The van der Waals surface area contributed by atoms with Crippen molar-refractivity contribution in [3.05, 3.63) is 311 Å². The van der Waals surface area contributed by atoms with E-state index in [1.807, 2.05) is 0 Å². The molecule has 17 rings (SSSR count). The molecule has 5 heterocycles. The Labute approximate surface area is 674 Å². The van der Waals surface area contributed by atoms with Crippen molar-refractivity contribution in [3.63, 3.8) is 0 Å². The second-order valence-electron chi connectivity index (χ2n) is 25.6. The van der Waals surface area contributed by atoms with Crippen LogP contribution in [0.15, 0.2) is 287 Å². The molecule has 8 bridgehead atoms. The van der Waals surface area contributed by atoms with Crippen molar-refractivity contribution in [1.82, 2.24) is 61.6 Å². The summed E-state index contributed by atoms with van der Waals surface area (Å²) in [4.78, 5) is 95.3. The predicted octanol–water partition coefficient (Wildman–Crippen LogP) is 15.2. The average molecular weight is 1590 g/mol. The van der Waals surface area contributed by atoms with Gasteiger partial charge in [0.1, 0.15) is 69.0 Å². The summed E-state index contributed by atoms with van der Waals surface area (Å²) >= 11 is 0. The number of carbonyl (C=O) groups excluding carboxylic acids is 4. The molecule has 0 fully saturated rings. The number of carbonyl (C=O) groups is 4. The Balaban J connectivity index is 0.0000102. The third-order valence-corrected chi connectivity index (χ3v) is 18.3. The largest absolute Gasteiger partial charge is 2.00 e. The maximum atomic E-state index is 13.2. The number of benzene rings is 12. The minimum Gasteiger partial charge on any atom is -0.507 e. The number of hydrogen-bond acceptors (Lipinski definition) is 22. The van der Waals surface area contributed by atoms with E-state index in [2.05, 4.69) is 42.1 Å².